The molecule has 0 fully saturated rings. The summed E-state index contributed by atoms with van der Waals surface area (Å²) >= 11 is 0. The largest absolute Gasteiger partial charge is 0.379 e. The normalized spacial score (nSPS) is 11.3. The van der Waals surface area contributed by atoms with Gasteiger partial charge in [-0.2, -0.15) is 0 Å². The lowest BCUT2D eigenvalue weighted by Gasteiger charge is -2.08. The third-order valence-corrected chi connectivity index (χ3v) is 4.99. The van der Waals surface area contributed by atoms with E-state index in [9.17, 15) is 0 Å². The maximum Gasteiger partial charge on any atom is 0.0704 e. The summed E-state index contributed by atoms with van der Waals surface area (Å²) in [5, 5.41) is 0. The van der Waals surface area contributed by atoms with Gasteiger partial charge in [0.2, 0.25) is 0 Å². The highest BCUT2D eigenvalue weighted by molar-refractivity contribution is 4.63. The average molecular weight is 461 g/mol. The van der Waals surface area contributed by atoms with Crippen LogP contribution in [-0.2, 0) is 28.4 Å². The summed E-state index contributed by atoms with van der Waals surface area (Å²) in [6.45, 7) is 13.2. The first-order valence-electron chi connectivity index (χ1n) is 13.0. The zero-order valence-corrected chi connectivity index (χ0v) is 21.0. The highest BCUT2D eigenvalue weighted by Gasteiger charge is 1.95. The lowest BCUT2D eigenvalue weighted by molar-refractivity contribution is -0.0158. The minimum absolute atomic E-state index is 0.563. The van der Waals surface area contributed by atoms with Gasteiger partial charge in [-0.25, -0.2) is 0 Å². The van der Waals surface area contributed by atoms with E-state index < -0.39 is 0 Å². The third kappa shape index (κ3) is 29.5. The topological polar surface area (TPSA) is 55.4 Å². The first kappa shape index (κ1) is 31.5. The molecule has 0 aliphatic heterocycles. The van der Waals surface area contributed by atoms with E-state index in [1.807, 2.05) is 0 Å². The van der Waals surface area contributed by atoms with E-state index >= 15 is 0 Å². The zero-order valence-electron chi connectivity index (χ0n) is 21.0. The molecule has 0 aliphatic carbocycles. The van der Waals surface area contributed by atoms with Crippen LogP contribution >= 0.6 is 0 Å². The van der Waals surface area contributed by atoms with Gasteiger partial charge < -0.3 is 28.4 Å². The standard InChI is InChI=1S/C26H52O6/c1-3-5-6-7-8-9-10-11-12-13-14-16-28-18-20-30-22-24-32-26-25-31-23-21-29-19-17-27-15-4-2/h4H,2-3,5-26H2,1H3. The second-order valence-corrected chi connectivity index (χ2v) is 7.96. The summed E-state index contributed by atoms with van der Waals surface area (Å²) in [6, 6.07) is 0. The number of ether oxygens (including phenoxy) is 6. The molecule has 0 heterocycles. The molecule has 32 heavy (non-hydrogen) atoms. The van der Waals surface area contributed by atoms with Crippen molar-refractivity contribution in [3.05, 3.63) is 12.7 Å². The molecule has 0 unspecified atom stereocenters. The molecular weight excluding hydrogens is 408 g/mol. The molecule has 0 aromatic rings. The van der Waals surface area contributed by atoms with Crippen molar-refractivity contribution in [2.45, 2.75) is 77.6 Å². The molecule has 0 saturated heterocycles. The minimum Gasteiger partial charge on any atom is -0.379 e. The molecule has 0 atom stereocenters. The van der Waals surface area contributed by atoms with Gasteiger partial charge in [-0.1, -0.05) is 77.2 Å². The summed E-state index contributed by atoms with van der Waals surface area (Å²) < 4.78 is 32.6. The second kappa shape index (κ2) is 30.5. The molecule has 6 nitrogen and oxygen atoms in total. The Morgan fingerprint density at radius 2 is 0.719 bits per heavy atom. The fraction of sp³-hybridized carbons (Fsp3) is 0.923. The van der Waals surface area contributed by atoms with E-state index in [2.05, 4.69) is 13.5 Å². The van der Waals surface area contributed by atoms with Crippen LogP contribution in [0, 0.1) is 0 Å². The molecule has 0 rings (SSSR count). The summed E-state index contributed by atoms with van der Waals surface area (Å²) in [5.74, 6) is 0. The maximum atomic E-state index is 5.63. The molecule has 0 radical (unpaired) electrons. The van der Waals surface area contributed by atoms with Crippen LogP contribution in [0.1, 0.15) is 77.6 Å². The predicted octanol–water partition coefficient (Wildman–Crippen LogP) is 5.58. The SMILES string of the molecule is C=CCOCCOCCOCCOCCOCCOCCCCCCCCCCCCC. The van der Waals surface area contributed by atoms with Crippen LogP contribution in [0.4, 0.5) is 0 Å². The number of hydrogen-bond donors (Lipinski definition) is 0. The zero-order chi connectivity index (χ0) is 23.2. The van der Waals surface area contributed by atoms with Crippen LogP contribution in [0.2, 0.25) is 0 Å². The van der Waals surface area contributed by atoms with Gasteiger partial charge in [0.05, 0.1) is 72.7 Å². The lowest BCUT2D eigenvalue weighted by Crippen LogP contribution is -2.14. The summed E-state index contributed by atoms with van der Waals surface area (Å²) in [7, 11) is 0. The molecule has 6 heteroatoms. The van der Waals surface area contributed by atoms with Gasteiger partial charge in [0.1, 0.15) is 0 Å². The lowest BCUT2D eigenvalue weighted by atomic mass is 10.1. The van der Waals surface area contributed by atoms with Crippen LogP contribution in [0.25, 0.3) is 0 Å². The fourth-order valence-electron chi connectivity index (χ4n) is 3.13. The Labute approximate surface area is 198 Å². The molecule has 0 aromatic carbocycles. The number of unbranched alkanes of at least 4 members (excludes halogenated alkanes) is 10. The monoisotopic (exact) mass is 460 g/mol. The van der Waals surface area contributed by atoms with Crippen molar-refractivity contribution in [2.75, 3.05) is 79.3 Å². The molecule has 0 amide bonds. The van der Waals surface area contributed by atoms with Crippen molar-refractivity contribution >= 4 is 0 Å². The smallest absolute Gasteiger partial charge is 0.0704 e. The van der Waals surface area contributed by atoms with Gasteiger partial charge in [-0.3, -0.25) is 0 Å². The maximum absolute atomic E-state index is 5.63. The Balaban J connectivity index is 2.99. The number of rotatable bonds is 29. The number of hydrogen-bond acceptors (Lipinski definition) is 6. The van der Waals surface area contributed by atoms with Gasteiger partial charge in [0, 0.05) is 6.61 Å². The van der Waals surface area contributed by atoms with E-state index in [0.717, 1.165) is 13.0 Å². The predicted molar refractivity (Wildman–Crippen MR) is 132 cm³/mol. The Morgan fingerprint density at radius 3 is 1.09 bits per heavy atom. The van der Waals surface area contributed by atoms with E-state index in [1.54, 1.807) is 6.08 Å². The molecule has 0 spiro atoms. The second-order valence-electron chi connectivity index (χ2n) is 7.96. The molecule has 0 N–H and O–H groups in total. The van der Waals surface area contributed by atoms with E-state index in [1.165, 1.54) is 64.2 Å². The highest BCUT2D eigenvalue weighted by Crippen LogP contribution is 2.11. The Kier molecular flexibility index (Phi) is 30.0. The molecule has 0 saturated carbocycles. The summed E-state index contributed by atoms with van der Waals surface area (Å²) in [5.41, 5.74) is 0. The van der Waals surface area contributed by atoms with Crippen LogP contribution in [0.3, 0.4) is 0 Å². The van der Waals surface area contributed by atoms with Gasteiger partial charge in [0.25, 0.3) is 0 Å². The van der Waals surface area contributed by atoms with E-state index in [0.29, 0.717) is 72.7 Å². The van der Waals surface area contributed by atoms with Crippen molar-refractivity contribution in [1.29, 1.82) is 0 Å². The quantitative estimate of drug-likeness (QED) is 0.107. The minimum atomic E-state index is 0.563. The van der Waals surface area contributed by atoms with Gasteiger partial charge in [-0.15, -0.1) is 6.58 Å². The molecule has 0 aromatic heterocycles. The molecule has 0 aliphatic rings. The van der Waals surface area contributed by atoms with Crippen molar-refractivity contribution < 1.29 is 28.4 Å². The Hall–Kier alpha value is -0.500. The van der Waals surface area contributed by atoms with Gasteiger partial charge >= 0.3 is 0 Å². The first-order valence-corrected chi connectivity index (χ1v) is 13.0. The fourth-order valence-corrected chi connectivity index (χ4v) is 3.13. The van der Waals surface area contributed by atoms with Crippen molar-refractivity contribution in [3.8, 4) is 0 Å². The first-order chi connectivity index (χ1) is 15.9. The van der Waals surface area contributed by atoms with Crippen molar-refractivity contribution in [3.63, 3.8) is 0 Å². The average Bonchev–Trinajstić information content (AvgIpc) is 2.81. The molecular formula is C26H52O6. The molecule has 0 bridgehead atoms. The Bertz CT molecular complexity index is 340. The van der Waals surface area contributed by atoms with Crippen LogP contribution < -0.4 is 0 Å². The summed E-state index contributed by atoms with van der Waals surface area (Å²) in [4.78, 5) is 0. The summed E-state index contributed by atoms with van der Waals surface area (Å²) in [6.07, 6.45) is 16.7. The third-order valence-electron chi connectivity index (χ3n) is 4.99. The van der Waals surface area contributed by atoms with E-state index in [4.69, 9.17) is 28.4 Å². The van der Waals surface area contributed by atoms with Crippen LogP contribution in [0.15, 0.2) is 12.7 Å². The molecule has 192 valence electrons. The Morgan fingerprint density at radius 1 is 0.406 bits per heavy atom. The van der Waals surface area contributed by atoms with Gasteiger partial charge in [-0.05, 0) is 6.42 Å². The van der Waals surface area contributed by atoms with Crippen molar-refractivity contribution in [1.82, 2.24) is 0 Å². The van der Waals surface area contributed by atoms with Crippen LogP contribution in [-0.4, -0.2) is 79.3 Å². The van der Waals surface area contributed by atoms with Crippen molar-refractivity contribution in [2.24, 2.45) is 0 Å². The van der Waals surface area contributed by atoms with E-state index in [-0.39, 0.29) is 0 Å². The van der Waals surface area contributed by atoms with Crippen LogP contribution in [0.5, 0.6) is 0 Å². The van der Waals surface area contributed by atoms with Gasteiger partial charge in [0.15, 0.2) is 0 Å². The highest BCUT2D eigenvalue weighted by atomic mass is 16.6.